The van der Waals surface area contributed by atoms with Crippen molar-refractivity contribution in [2.24, 2.45) is 7.05 Å². The maximum Gasteiger partial charge on any atom is 0.240 e. The summed E-state index contributed by atoms with van der Waals surface area (Å²) in [6, 6.07) is 4.59. The largest absolute Gasteiger partial charge is 0.320 e. The molecular formula is C10H11FN4O2S. The van der Waals surface area contributed by atoms with Crippen LogP contribution in [0.25, 0.3) is 0 Å². The highest BCUT2D eigenvalue weighted by Gasteiger charge is 2.14. The van der Waals surface area contributed by atoms with Crippen molar-refractivity contribution in [2.45, 2.75) is 11.4 Å². The Kier molecular flexibility index (Phi) is 3.39. The Labute approximate surface area is 104 Å². The summed E-state index contributed by atoms with van der Waals surface area (Å²) in [7, 11) is -1.96. The lowest BCUT2D eigenvalue weighted by Crippen LogP contribution is -2.24. The van der Waals surface area contributed by atoms with Crippen molar-refractivity contribution in [3.8, 4) is 0 Å². The molecule has 18 heavy (non-hydrogen) atoms. The number of benzene rings is 1. The fourth-order valence-corrected chi connectivity index (χ4v) is 2.30. The molecule has 0 aliphatic rings. The fourth-order valence-electron chi connectivity index (χ4n) is 1.32. The van der Waals surface area contributed by atoms with Gasteiger partial charge < -0.3 is 4.57 Å². The van der Waals surface area contributed by atoms with Crippen molar-refractivity contribution in [3.63, 3.8) is 0 Å². The zero-order valence-electron chi connectivity index (χ0n) is 9.54. The lowest BCUT2D eigenvalue weighted by Gasteiger charge is -2.06. The third-order valence-electron chi connectivity index (χ3n) is 2.35. The van der Waals surface area contributed by atoms with E-state index in [1.807, 2.05) is 0 Å². The van der Waals surface area contributed by atoms with E-state index in [0.29, 0.717) is 5.82 Å². The van der Waals surface area contributed by atoms with Gasteiger partial charge >= 0.3 is 0 Å². The Balaban J connectivity index is 2.13. The SMILES string of the molecule is Cn1cnnc1CNS(=O)(=O)c1ccc(F)cc1. The molecule has 96 valence electrons. The minimum atomic E-state index is -3.67. The van der Waals surface area contributed by atoms with Crippen molar-refractivity contribution in [2.75, 3.05) is 0 Å². The quantitative estimate of drug-likeness (QED) is 0.874. The second-order valence-corrected chi connectivity index (χ2v) is 5.40. The van der Waals surface area contributed by atoms with Crippen LogP contribution < -0.4 is 4.72 Å². The number of rotatable bonds is 4. The molecule has 2 rings (SSSR count). The van der Waals surface area contributed by atoms with E-state index in [2.05, 4.69) is 14.9 Å². The first-order valence-electron chi connectivity index (χ1n) is 5.07. The van der Waals surface area contributed by atoms with Crippen LogP contribution in [0, 0.1) is 5.82 Å². The highest BCUT2D eigenvalue weighted by molar-refractivity contribution is 7.89. The maximum absolute atomic E-state index is 12.7. The zero-order chi connectivity index (χ0) is 13.2. The van der Waals surface area contributed by atoms with Crippen molar-refractivity contribution in [1.82, 2.24) is 19.5 Å². The second-order valence-electron chi connectivity index (χ2n) is 3.64. The summed E-state index contributed by atoms with van der Waals surface area (Å²) >= 11 is 0. The van der Waals surface area contributed by atoms with E-state index in [1.54, 1.807) is 11.6 Å². The highest BCUT2D eigenvalue weighted by Crippen LogP contribution is 2.09. The molecule has 0 saturated heterocycles. The topological polar surface area (TPSA) is 76.9 Å². The molecule has 0 aliphatic heterocycles. The number of sulfonamides is 1. The van der Waals surface area contributed by atoms with Crippen molar-refractivity contribution >= 4 is 10.0 Å². The third kappa shape index (κ3) is 2.71. The highest BCUT2D eigenvalue weighted by atomic mass is 32.2. The minimum Gasteiger partial charge on any atom is -0.320 e. The smallest absolute Gasteiger partial charge is 0.240 e. The fraction of sp³-hybridized carbons (Fsp3) is 0.200. The van der Waals surface area contributed by atoms with Crippen LogP contribution >= 0.6 is 0 Å². The molecule has 0 bridgehead atoms. The van der Waals surface area contributed by atoms with Gasteiger partial charge in [0, 0.05) is 7.05 Å². The zero-order valence-corrected chi connectivity index (χ0v) is 10.4. The van der Waals surface area contributed by atoms with Crippen LogP contribution in [0.2, 0.25) is 0 Å². The number of aromatic nitrogens is 3. The van der Waals surface area contributed by atoms with Gasteiger partial charge in [0.25, 0.3) is 0 Å². The summed E-state index contributed by atoms with van der Waals surface area (Å²) in [5, 5.41) is 7.39. The van der Waals surface area contributed by atoms with E-state index in [0.717, 1.165) is 12.1 Å². The molecule has 0 aliphatic carbocycles. The number of aryl methyl sites for hydroxylation is 1. The van der Waals surface area contributed by atoms with Gasteiger partial charge in [0.1, 0.15) is 18.0 Å². The molecule has 1 aromatic heterocycles. The third-order valence-corrected chi connectivity index (χ3v) is 3.77. The molecule has 2 aromatic rings. The average Bonchev–Trinajstić information content (AvgIpc) is 2.73. The summed E-state index contributed by atoms with van der Waals surface area (Å²) < 4.78 is 40.4. The van der Waals surface area contributed by atoms with Gasteiger partial charge in [-0.1, -0.05) is 0 Å². The molecular weight excluding hydrogens is 259 g/mol. The van der Waals surface area contributed by atoms with E-state index in [-0.39, 0.29) is 11.4 Å². The van der Waals surface area contributed by atoms with E-state index in [9.17, 15) is 12.8 Å². The molecule has 6 nitrogen and oxygen atoms in total. The molecule has 1 heterocycles. The van der Waals surface area contributed by atoms with Gasteiger partial charge in [0.05, 0.1) is 11.4 Å². The monoisotopic (exact) mass is 270 g/mol. The first-order valence-corrected chi connectivity index (χ1v) is 6.55. The first kappa shape index (κ1) is 12.7. The molecule has 0 radical (unpaired) electrons. The Morgan fingerprint density at radius 3 is 2.56 bits per heavy atom. The molecule has 0 fully saturated rings. The Hall–Kier alpha value is -1.80. The molecule has 1 N–H and O–H groups in total. The summed E-state index contributed by atoms with van der Waals surface area (Å²) in [5.74, 6) is 0.00272. The van der Waals surface area contributed by atoms with E-state index < -0.39 is 15.8 Å². The molecule has 0 saturated carbocycles. The molecule has 0 spiro atoms. The molecule has 1 aromatic carbocycles. The van der Waals surface area contributed by atoms with Gasteiger partial charge in [0.15, 0.2) is 0 Å². The van der Waals surface area contributed by atoms with Crippen molar-refractivity contribution in [3.05, 3.63) is 42.2 Å². The molecule has 0 unspecified atom stereocenters. The van der Waals surface area contributed by atoms with Gasteiger partial charge in [-0.05, 0) is 24.3 Å². The minimum absolute atomic E-state index is 0.00562. The Morgan fingerprint density at radius 1 is 1.33 bits per heavy atom. The summed E-state index contributed by atoms with van der Waals surface area (Å²) in [4.78, 5) is 0.00562. The van der Waals surface area contributed by atoms with Gasteiger partial charge in [-0.2, -0.15) is 0 Å². The normalized spacial score (nSPS) is 11.7. The number of hydrogen-bond donors (Lipinski definition) is 1. The predicted molar refractivity (Wildman–Crippen MR) is 61.4 cm³/mol. The molecule has 0 atom stereocenters. The average molecular weight is 270 g/mol. The van der Waals surface area contributed by atoms with Crippen LogP contribution in [0.5, 0.6) is 0 Å². The maximum atomic E-state index is 12.7. The van der Waals surface area contributed by atoms with Gasteiger partial charge in [-0.25, -0.2) is 17.5 Å². The molecule has 0 amide bonds. The Bertz CT molecular complexity index is 636. The van der Waals surface area contributed by atoms with E-state index >= 15 is 0 Å². The lowest BCUT2D eigenvalue weighted by molar-refractivity contribution is 0.576. The van der Waals surface area contributed by atoms with Crippen LogP contribution in [0.1, 0.15) is 5.82 Å². The lowest BCUT2D eigenvalue weighted by atomic mass is 10.4. The predicted octanol–water partition coefficient (Wildman–Crippen LogP) is 0.433. The molecule has 8 heteroatoms. The number of halogens is 1. The second kappa shape index (κ2) is 4.83. The van der Waals surface area contributed by atoms with Gasteiger partial charge in [0.2, 0.25) is 10.0 Å². The first-order chi connectivity index (χ1) is 8.49. The van der Waals surface area contributed by atoms with E-state index in [1.165, 1.54) is 18.5 Å². The number of nitrogens with zero attached hydrogens (tertiary/aromatic N) is 3. The van der Waals surface area contributed by atoms with Crippen molar-refractivity contribution < 1.29 is 12.8 Å². The van der Waals surface area contributed by atoms with Gasteiger partial charge in [-0.3, -0.25) is 0 Å². The summed E-state index contributed by atoms with van der Waals surface area (Å²) in [5.41, 5.74) is 0. The van der Waals surface area contributed by atoms with Crippen LogP contribution in [-0.4, -0.2) is 23.2 Å². The van der Waals surface area contributed by atoms with Crippen LogP contribution in [0.3, 0.4) is 0 Å². The van der Waals surface area contributed by atoms with Crippen molar-refractivity contribution in [1.29, 1.82) is 0 Å². The van der Waals surface area contributed by atoms with Gasteiger partial charge in [-0.15, -0.1) is 10.2 Å². The van der Waals surface area contributed by atoms with Crippen LogP contribution in [0.15, 0.2) is 35.5 Å². The van der Waals surface area contributed by atoms with E-state index in [4.69, 9.17) is 0 Å². The Morgan fingerprint density at radius 2 is 2.00 bits per heavy atom. The standard InChI is InChI=1S/C10H11FN4O2S/c1-15-7-12-14-10(15)6-13-18(16,17)9-4-2-8(11)3-5-9/h2-5,7,13H,6H2,1H3. The summed E-state index contributed by atoms with van der Waals surface area (Å²) in [6.07, 6.45) is 1.47. The summed E-state index contributed by atoms with van der Waals surface area (Å²) in [6.45, 7) is 0.0240. The number of hydrogen-bond acceptors (Lipinski definition) is 4. The van der Waals surface area contributed by atoms with Crippen LogP contribution in [-0.2, 0) is 23.6 Å². The number of nitrogens with one attached hydrogen (secondary N) is 1. The van der Waals surface area contributed by atoms with Crippen LogP contribution in [0.4, 0.5) is 4.39 Å².